The minimum Gasteiger partial charge on any atom is -0.480 e. The van der Waals surface area contributed by atoms with Crippen molar-refractivity contribution in [3.63, 3.8) is 0 Å². The number of amides is 2. The normalized spacial score (nSPS) is 17.1. The quantitative estimate of drug-likeness (QED) is 0.455. The largest absolute Gasteiger partial charge is 0.480 e. The Labute approximate surface area is 199 Å². The van der Waals surface area contributed by atoms with Gasteiger partial charge in [0, 0.05) is 18.4 Å². The Morgan fingerprint density at radius 3 is 2.21 bits per heavy atom. The van der Waals surface area contributed by atoms with Crippen LogP contribution in [-0.4, -0.2) is 41.8 Å². The molecule has 0 aliphatic heterocycles. The van der Waals surface area contributed by atoms with Crippen molar-refractivity contribution in [3.8, 4) is 11.1 Å². The van der Waals surface area contributed by atoms with E-state index in [4.69, 9.17) is 4.74 Å². The molecule has 2 aromatic rings. The van der Waals surface area contributed by atoms with E-state index >= 15 is 0 Å². The summed E-state index contributed by atoms with van der Waals surface area (Å²) in [5.74, 6) is -1.60. The monoisotopic (exact) mass is 464 g/mol. The van der Waals surface area contributed by atoms with Crippen LogP contribution in [0.2, 0.25) is 0 Å². The molecular formula is C27H32N2O5. The number of carbonyl (C=O) groups is 3. The number of benzene rings is 2. The van der Waals surface area contributed by atoms with Crippen molar-refractivity contribution in [2.75, 3.05) is 13.2 Å². The third kappa shape index (κ3) is 4.93. The molecule has 0 aromatic heterocycles. The number of hydrogen-bond donors (Lipinski definition) is 3. The maximum atomic E-state index is 12.5. The summed E-state index contributed by atoms with van der Waals surface area (Å²) in [5.41, 5.74) is 3.48. The molecule has 2 aromatic carbocycles. The lowest BCUT2D eigenvalue weighted by Gasteiger charge is -2.27. The number of carboxylic acids is 1. The SMILES string of the molecule is CC(CCCNC(=O)OCC1c2ccccc2-c2ccccc21)C(=O)NC(C)(C(=O)O)C1CC1. The maximum Gasteiger partial charge on any atom is 0.407 e. The zero-order chi connectivity index (χ0) is 24.3. The topological polar surface area (TPSA) is 105 Å². The number of hydrogen-bond acceptors (Lipinski definition) is 4. The minimum absolute atomic E-state index is 0.00335. The molecule has 1 fully saturated rings. The summed E-state index contributed by atoms with van der Waals surface area (Å²) < 4.78 is 5.53. The fraction of sp³-hybridized carbons (Fsp3) is 0.444. The van der Waals surface area contributed by atoms with Crippen molar-refractivity contribution >= 4 is 18.0 Å². The van der Waals surface area contributed by atoms with E-state index in [1.54, 1.807) is 13.8 Å². The van der Waals surface area contributed by atoms with E-state index in [2.05, 4.69) is 34.9 Å². The van der Waals surface area contributed by atoms with Gasteiger partial charge in [-0.15, -0.1) is 0 Å². The molecule has 0 saturated heterocycles. The number of carbonyl (C=O) groups excluding carboxylic acids is 2. The Morgan fingerprint density at radius 2 is 1.65 bits per heavy atom. The Kier molecular flexibility index (Phi) is 6.91. The van der Waals surface area contributed by atoms with Gasteiger partial charge in [-0.05, 0) is 60.8 Å². The second-order valence-corrected chi connectivity index (χ2v) is 9.57. The zero-order valence-corrected chi connectivity index (χ0v) is 19.7. The number of nitrogens with one attached hydrogen (secondary N) is 2. The summed E-state index contributed by atoms with van der Waals surface area (Å²) in [6.07, 6.45) is 2.29. The lowest BCUT2D eigenvalue weighted by molar-refractivity contribution is -0.148. The van der Waals surface area contributed by atoms with Gasteiger partial charge in [-0.25, -0.2) is 9.59 Å². The van der Waals surface area contributed by atoms with Crippen LogP contribution < -0.4 is 10.6 Å². The van der Waals surface area contributed by atoms with E-state index < -0.39 is 17.6 Å². The van der Waals surface area contributed by atoms with E-state index in [9.17, 15) is 19.5 Å². The van der Waals surface area contributed by atoms with Gasteiger partial charge < -0.3 is 20.5 Å². The van der Waals surface area contributed by atoms with Gasteiger partial charge in [0.1, 0.15) is 12.1 Å². The molecule has 34 heavy (non-hydrogen) atoms. The summed E-state index contributed by atoms with van der Waals surface area (Å²) >= 11 is 0. The Balaban J connectivity index is 1.20. The summed E-state index contributed by atoms with van der Waals surface area (Å²) in [6, 6.07) is 16.4. The highest BCUT2D eigenvalue weighted by Crippen LogP contribution is 2.44. The molecular weight excluding hydrogens is 432 g/mol. The fourth-order valence-corrected chi connectivity index (χ4v) is 4.75. The van der Waals surface area contributed by atoms with Crippen LogP contribution in [0.15, 0.2) is 48.5 Å². The minimum atomic E-state index is -1.20. The molecule has 0 heterocycles. The summed E-state index contributed by atoms with van der Waals surface area (Å²) in [4.78, 5) is 36.4. The van der Waals surface area contributed by atoms with E-state index in [0.29, 0.717) is 19.4 Å². The molecule has 2 aliphatic carbocycles. The standard InChI is InChI=1S/C27H32N2O5/c1-17(24(30)29-27(2,25(31)32)18-13-14-18)8-7-15-28-26(33)34-16-23-21-11-5-3-9-19(21)20-10-4-6-12-22(20)23/h3-6,9-12,17-18,23H,7-8,13-16H2,1-2H3,(H,28,33)(H,29,30)(H,31,32). The van der Waals surface area contributed by atoms with E-state index in [1.165, 1.54) is 11.1 Å². The molecule has 0 spiro atoms. The first kappa shape index (κ1) is 23.8. The highest BCUT2D eigenvalue weighted by atomic mass is 16.5. The van der Waals surface area contributed by atoms with Gasteiger partial charge in [-0.1, -0.05) is 55.5 Å². The highest BCUT2D eigenvalue weighted by Gasteiger charge is 2.48. The first-order valence-corrected chi connectivity index (χ1v) is 12.0. The predicted molar refractivity (Wildman–Crippen MR) is 128 cm³/mol. The van der Waals surface area contributed by atoms with Crippen LogP contribution in [0, 0.1) is 11.8 Å². The van der Waals surface area contributed by atoms with Gasteiger partial charge >= 0.3 is 12.1 Å². The smallest absolute Gasteiger partial charge is 0.407 e. The summed E-state index contributed by atoms with van der Waals surface area (Å²) in [6.45, 7) is 3.99. The average molecular weight is 465 g/mol. The molecule has 2 amide bonds. The van der Waals surface area contributed by atoms with Gasteiger partial charge in [0.05, 0.1) is 0 Å². The van der Waals surface area contributed by atoms with Crippen molar-refractivity contribution in [1.29, 1.82) is 0 Å². The molecule has 2 atom stereocenters. The van der Waals surface area contributed by atoms with Crippen molar-refractivity contribution < 1.29 is 24.2 Å². The number of rotatable bonds is 10. The lowest BCUT2D eigenvalue weighted by Crippen LogP contribution is -2.55. The van der Waals surface area contributed by atoms with Crippen LogP contribution in [0.25, 0.3) is 11.1 Å². The second-order valence-electron chi connectivity index (χ2n) is 9.57. The van der Waals surface area contributed by atoms with Crippen molar-refractivity contribution in [3.05, 3.63) is 59.7 Å². The van der Waals surface area contributed by atoms with Gasteiger partial charge in [0.15, 0.2) is 0 Å². The molecule has 2 aliphatic rings. The lowest BCUT2D eigenvalue weighted by atomic mass is 9.94. The van der Waals surface area contributed by atoms with E-state index in [1.807, 2.05) is 24.3 Å². The zero-order valence-electron chi connectivity index (χ0n) is 19.7. The number of ether oxygens (including phenoxy) is 1. The van der Waals surface area contributed by atoms with Crippen LogP contribution in [0.4, 0.5) is 4.79 Å². The molecule has 0 bridgehead atoms. The maximum absolute atomic E-state index is 12.5. The second kappa shape index (κ2) is 9.87. The predicted octanol–water partition coefficient (Wildman–Crippen LogP) is 4.31. The van der Waals surface area contributed by atoms with Crippen LogP contribution >= 0.6 is 0 Å². The summed E-state index contributed by atoms with van der Waals surface area (Å²) in [7, 11) is 0. The van der Waals surface area contributed by atoms with Gasteiger partial charge in [0.2, 0.25) is 5.91 Å². The number of carboxylic acid groups (broad SMARTS) is 1. The van der Waals surface area contributed by atoms with Crippen LogP contribution in [0.3, 0.4) is 0 Å². The van der Waals surface area contributed by atoms with Crippen molar-refractivity contribution in [2.45, 2.75) is 51.0 Å². The Bertz CT molecular complexity index is 1030. The molecule has 180 valence electrons. The third-order valence-corrected chi connectivity index (χ3v) is 7.10. The van der Waals surface area contributed by atoms with Crippen LogP contribution in [0.1, 0.15) is 56.6 Å². The van der Waals surface area contributed by atoms with Gasteiger partial charge in [-0.3, -0.25) is 4.79 Å². The molecule has 4 rings (SSSR count). The van der Waals surface area contributed by atoms with Crippen LogP contribution in [-0.2, 0) is 14.3 Å². The molecule has 7 heteroatoms. The molecule has 3 N–H and O–H groups in total. The molecule has 2 unspecified atom stereocenters. The third-order valence-electron chi connectivity index (χ3n) is 7.10. The first-order valence-electron chi connectivity index (χ1n) is 12.0. The van der Waals surface area contributed by atoms with Gasteiger partial charge in [-0.2, -0.15) is 0 Å². The number of fused-ring (bicyclic) bond motifs is 3. The Hall–Kier alpha value is -3.35. The molecule has 0 radical (unpaired) electrons. The highest BCUT2D eigenvalue weighted by molar-refractivity contribution is 5.88. The van der Waals surface area contributed by atoms with Crippen molar-refractivity contribution in [1.82, 2.24) is 10.6 Å². The van der Waals surface area contributed by atoms with E-state index in [-0.39, 0.29) is 30.3 Å². The number of aliphatic carboxylic acids is 1. The van der Waals surface area contributed by atoms with Crippen molar-refractivity contribution in [2.24, 2.45) is 11.8 Å². The van der Waals surface area contributed by atoms with Crippen LogP contribution in [0.5, 0.6) is 0 Å². The Morgan fingerprint density at radius 1 is 1.06 bits per heavy atom. The summed E-state index contributed by atoms with van der Waals surface area (Å²) in [5, 5.41) is 15.0. The molecule has 1 saturated carbocycles. The number of alkyl carbamates (subject to hydrolysis) is 1. The van der Waals surface area contributed by atoms with Gasteiger partial charge in [0.25, 0.3) is 0 Å². The first-order chi connectivity index (χ1) is 16.3. The van der Waals surface area contributed by atoms with E-state index in [0.717, 1.165) is 24.0 Å². The average Bonchev–Trinajstić information content (AvgIpc) is 3.64. The fourth-order valence-electron chi connectivity index (χ4n) is 4.75. The molecule has 7 nitrogen and oxygen atoms in total.